The van der Waals surface area contributed by atoms with Crippen molar-refractivity contribution in [3.8, 4) is 0 Å². The van der Waals surface area contributed by atoms with Gasteiger partial charge in [-0.25, -0.2) is 0 Å². The lowest BCUT2D eigenvalue weighted by atomic mass is 9.81. The zero-order valence-electron chi connectivity index (χ0n) is 14.0. The van der Waals surface area contributed by atoms with Crippen molar-refractivity contribution < 1.29 is 0 Å². The molecule has 1 aliphatic heterocycles. The second kappa shape index (κ2) is 6.55. The van der Waals surface area contributed by atoms with Gasteiger partial charge in [-0.05, 0) is 39.7 Å². The summed E-state index contributed by atoms with van der Waals surface area (Å²) in [4.78, 5) is 5.16. The smallest absolute Gasteiger partial charge is 0.0332 e. The van der Waals surface area contributed by atoms with Crippen LogP contribution in [0.4, 0.5) is 0 Å². The van der Waals surface area contributed by atoms with Gasteiger partial charge in [0.25, 0.3) is 0 Å². The molecule has 0 aliphatic carbocycles. The summed E-state index contributed by atoms with van der Waals surface area (Å²) < 4.78 is 0. The Kier molecular flexibility index (Phi) is 5.84. The average Bonchev–Trinajstić information content (AvgIpc) is 2.39. The maximum atomic E-state index is 6.22. The second-order valence-electron chi connectivity index (χ2n) is 7.16. The minimum atomic E-state index is 0.202. The zero-order chi connectivity index (χ0) is 14.7. The molecule has 1 saturated heterocycles. The fraction of sp³-hybridized carbons (Fsp3) is 1.00. The molecule has 19 heavy (non-hydrogen) atoms. The number of rotatable bonds is 6. The molecule has 1 fully saturated rings. The van der Waals surface area contributed by atoms with Crippen molar-refractivity contribution in [2.75, 3.05) is 33.2 Å². The van der Waals surface area contributed by atoms with Gasteiger partial charge in [0.1, 0.15) is 0 Å². The van der Waals surface area contributed by atoms with Gasteiger partial charge in [-0.1, -0.05) is 27.2 Å². The lowest BCUT2D eigenvalue weighted by Crippen LogP contribution is -2.65. The molecule has 0 aromatic carbocycles. The van der Waals surface area contributed by atoms with Crippen molar-refractivity contribution in [3.63, 3.8) is 0 Å². The van der Waals surface area contributed by atoms with Crippen molar-refractivity contribution in [2.24, 2.45) is 11.7 Å². The molecule has 0 bridgehead atoms. The standard InChI is InChI=1S/C16H35N3/c1-7-14(3)11-16(8-2,12-17)19-10-9-18(6)15(4,5)13-19/h14H,7-13,17H2,1-6H3. The predicted octanol–water partition coefficient (Wildman–Crippen LogP) is 2.56. The van der Waals surface area contributed by atoms with Gasteiger partial charge >= 0.3 is 0 Å². The van der Waals surface area contributed by atoms with Gasteiger partial charge in [-0.2, -0.15) is 0 Å². The van der Waals surface area contributed by atoms with Crippen molar-refractivity contribution in [1.29, 1.82) is 0 Å². The van der Waals surface area contributed by atoms with Crippen molar-refractivity contribution >= 4 is 0 Å². The summed E-state index contributed by atoms with van der Waals surface area (Å²) >= 11 is 0. The largest absolute Gasteiger partial charge is 0.329 e. The molecule has 0 saturated carbocycles. The third kappa shape index (κ3) is 3.71. The van der Waals surface area contributed by atoms with E-state index in [0.717, 1.165) is 38.5 Å². The van der Waals surface area contributed by atoms with Gasteiger partial charge in [0.05, 0.1) is 0 Å². The van der Waals surface area contributed by atoms with E-state index in [1.807, 2.05) is 0 Å². The van der Waals surface area contributed by atoms with Crippen LogP contribution in [0.3, 0.4) is 0 Å². The van der Waals surface area contributed by atoms with Crippen LogP contribution in [0.2, 0.25) is 0 Å². The first-order valence-electron chi connectivity index (χ1n) is 7.97. The quantitative estimate of drug-likeness (QED) is 0.804. The summed E-state index contributed by atoms with van der Waals surface area (Å²) in [5.41, 5.74) is 6.68. The highest BCUT2D eigenvalue weighted by Gasteiger charge is 2.41. The van der Waals surface area contributed by atoms with Gasteiger partial charge in [0, 0.05) is 37.3 Å². The van der Waals surface area contributed by atoms with E-state index in [1.165, 1.54) is 12.8 Å². The van der Waals surface area contributed by atoms with E-state index in [9.17, 15) is 0 Å². The van der Waals surface area contributed by atoms with Crippen molar-refractivity contribution in [3.05, 3.63) is 0 Å². The first-order chi connectivity index (χ1) is 8.81. The van der Waals surface area contributed by atoms with E-state index in [4.69, 9.17) is 5.73 Å². The van der Waals surface area contributed by atoms with Crippen LogP contribution in [0.25, 0.3) is 0 Å². The number of hydrogen-bond donors (Lipinski definition) is 1. The van der Waals surface area contributed by atoms with E-state index in [2.05, 4.69) is 51.5 Å². The Morgan fingerprint density at radius 3 is 2.32 bits per heavy atom. The Morgan fingerprint density at radius 1 is 1.26 bits per heavy atom. The average molecular weight is 269 g/mol. The van der Waals surface area contributed by atoms with Gasteiger partial charge in [-0.3, -0.25) is 9.80 Å². The Labute approximate surface area is 120 Å². The Morgan fingerprint density at radius 2 is 1.89 bits per heavy atom. The maximum absolute atomic E-state index is 6.22. The van der Waals surface area contributed by atoms with Crippen LogP contribution < -0.4 is 5.73 Å². The fourth-order valence-electron chi connectivity index (χ4n) is 3.29. The van der Waals surface area contributed by atoms with Crippen molar-refractivity contribution in [1.82, 2.24) is 9.80 Å². The molecule has 3 heteroatoms. The molecule has 1 aliphatic rings. The van der Waals surface area contributed by atoms with E-state index in [1.54, 1.807) is 0 Å². The molecule has 2 N–H and O–H groups in total. The lowest BCUT2D eigenvalue weighted by molar-refractivity contribution is -0.0325. The summed E-state index contributed by atoms with van der Waals surface area (Å²) in [6.45, 7) is 15.9. The SMILES string of the molecule is CCC(C)CC(CC)(CN)N1CCN(C)C(C)(C)C1. The third-order valence-electron chi connectivity index (χ3n) is 5.45. The van der Waals surface area contributed by atoms with Crippen LogP contribution in [0.15, 0.2) is 0 Å². The Balaban J connectivity index is 2.87. The first-order valence-corrected chi connectivity index (χ1v) is 7.97. The zero-order valence-corrected chi connectivity index (χ0v) is 14.0. The van der Waals surface area contributed by atoms with Crippen LogP contribution in [0.5, 0.6) is 0 Å². The molecule has 2 atom stereocenters. The molecule has 0 aromatic rings. The van der Waals surface area contributed by atoms with E-state index in [0.29, 0.717) is 0 Å². The molecule has 3 nitrogen and oxygen atoms in total. The van der Waals surface area contributed by atoms with E-state index in [-0.39, 0.29) is 11.1 Å². The molecule has 0 radical (unpaired) electrons. The third-order valence-corrected chi connectivity index (χ3v) is 5.45. The van der Waals surface area contributed by atoms with E-state index < -0.39 is 0 Å². The predicted molar refractivity (Wildman–Crippen MR) is 84.4 cm³/mol. The van der Waals surface area contributed by atoms with Gasteiger partial charge < -0.3 is 5.73 Å². The minimum Gasteiger partial charge on any atom is -0.329 e. The minimum absolute atomic E-state index is 0.202. The topological polar surface area (TPSA) is 32.5 Å². The number of nitrogens with two attached hydrogens (primary N) is 1. The van der Waals surface area contributed by atoms with Crippen LogP contribution in [0, 0.1) is 5.92 Å². The van der Waals surface area contributed by atoms with E-state index >= 15 is 0 Å². The summed E-state index contributed by atoms with van der Waals surface area (Å²) in [6, 6.07) is 0. The number of piperazine rings is 1. The molecule has 0 spiro atoms. The Hall–Kier alpha value is -0.120. The highest BCUT2D eigenvalue weighted by molar-refractivity contribution is 4.99. The number of hydrogen-bond acceptors (Lipinski definition) is 3. The van der Waals surface area contributed by atoms with Crippen LogP contribution in [-0.2, 0) is 0 Å². The first kappa shape index (κ1) is 16.9. The normalized spacial score (nSPS) is 26.1. The highest BCUT2D eigenvalue weighted by Crippen LogP contribution is 2.32. The molecule has 2 unspecified atom stereocenters. The van der Waals surface area contributed by atoms with Crippen LogP contribution in [0.1, 0.15) is 53.9 Å². The molecular formula is C16H35N3. The molecule has 0 amide bonds. The summed E-state index contributed by atoms with van der Waals surface area (Å²) in [7, 11) is 2.24. The molecule has 1 heterocycles. The van der Waals surface area contributed by atoms with Gasteiger partial charge in [0.15, 0.2) is 0 Å². The molecule has 114 valence electrons. The summed E-state index contributed by atoms with van der Waals surface area (Å²) in [5.74, 6) is 0.756. The summed E-state index contributed by atoms with van der Waals surface area (Å²) in [6.07, 6.45) is 3.64. The van der Waals surface area contributed by atoms with Gasteiger partial charge in [-0.15, -0.1) is 0 Å². The molecule has 0 aromatic heterocycles. The maximum Gasteiger partial charge on any atom is 0.0332 e. The lowest BCUT2D eigenvalue weighted by Gasteiger charge is -2.53. The highest BCUT2D eigenvalue weighted by atomic mass is 15.3. The monoisotopic (exact) mass is 269 g/mol. The molecule has 1 rings (SSSR count). The second-order valence-corrected chi connectivity index (χ2v) is 7.16. The van der Waals surface area contributed by atoms with Crippen molar-refractivity contribution in [2.45, 2.75) is 65.0 Å². The van der Waals surface area contributed by atoms with Gasteiger partial charge in [0.2, 0.25) is 0 Å². The number of likely N-dealkylation sites (N-methyl/N-ethyl adjacent to an activating group) is 1. The Bertz CT molecular complexity index is 271. The fourth-order valence-corrected chi connectivity index (χ4v) is 3.29. The van der Waals surface area contributed by atoms with Crippen LogP contribution in [-0.4, -0.2) is 54.1 Å². The van der Waals surface area contributed by atoms with Crippen LogP contribution >= 0.6 is 0 Å². The summed E-state index contributed by atoms with van der Waals surface area (Å²) in [5, 5.41) is 0. The molecular weight excluding hydrogens is 234 g/mol. The number of nitrogens with zero attached hydrogens (tertiary/aromatic N) is 2.